The second-order valence-corrected chi connectivity index (χ2v) is 118. The molecule has 0 amide bonds. The van der Waals surface area contributed by atoms with E-state index in [1.165, 1.54) is 36.5 Å². The molecule has 1 fully saturated rings. The normalized spacial score (nSPS) is 17.5. The van der Waals surface area contributed by atoms with E-state index in [-0.39, 0.29) is 0 Å². The average molecular weight is 1660 g/mol. The maximum Gasteiger partial charge on any atom is 0.314 e. The van der Waals surface area contributed by atoms with Gasteiger partial charge in [-0.3, -0.25) is 0 Å². The van der Waals surface area contributed by atoms with Gasteiger partial charge >= 0.3 is 51.4 Å². The Labute approximate surface area is 629 Å². The van der Waals surface area contributed by atoms with Crippen LogP contribution >= 0.6 is 0 Å². The van der Waals surface area contributed by atoms with Gasteiger partial charge in [0.05, 0.1) is 8.07 Å². The zero-order chi connectivity index (χ0) is 79.5. The van der Waals surface area contributed by atoms with Gasteiger partial charge in [-0.15, -0.1) is 0 Å². The minimum absolute atomic E-state index is 0.519. The summed E-state index contributed by atoms with van der Waals surface area (Å²) in [6, 6.07) is 13.5. The van der Waals surface area contributed by atoms with Gasteiger partial charge in [-0.25, -0.2) is 0 Å². The first-order valence-corrected chi connectivity index (χ1v) is 91.3. The lowest BCUT2D eigenvalue weighted by molar-refractivity contribution is 0.229. The monoisotopic (exact) mass is 1650 g/mol. The molecule has 1 saturated carbocycles. The van der Waals surface area contributed by atoms with E-state index in [1.807, 2.05) is 0 Å². The van der Waals surface area contributed by atoms with E-state index in [0.29, 0.717) is 10.1 Å². The highest BCUT2D eigenvalue weighted by atomic mass is 28.5. The molecule has 10 nitrogen and oxygen atoms in total. The third-order valence-electron chi connectivity index (χ3n) is 16.6. The summed E-state index contributed by atoms with van der Waals surface area (Å²) in [6.45, 7) is 120. The minimum Gasteiger partial charge on any atom is -0.452 e. The smallest absolute Gasteiger partial charge is 0.314 e. The molecule has 1 aliphatic carbocycles. The van der Waals surface area contributed by atoms with Crippen LogP contribution in [0, 0.1) is 17.8 Å². The van der Waals surface area contributed by atoms with E-state index >= 15 is 0 Å². The summed E-state index contributed by atoms with van der Waals surface area (Å²) >= 11 is 0. The number of rotatable bonds is 25. The first kappa shape index (κ1) is 108. The molecule has 0 radical (unpaired) electrons. The molecular weight excluding hydrogens is 1480 g/mol. The summed E-state index contributed by atoms with van der Waals surface area (Å²) in [5.74, 6) is 2.92. The molecule has 0 N–H and O–H groups in total. The highest BCUT2D eigenvalue weighted by Crippen LogP contribution is 2.51. The lowest BCUT2D eigenvalue weighted by atomic mass is 9.77. The number of hydrogen-bond acceptors (Lipinski definition) is 10. The van der Waals surface area contributed by atoms with E-state index in [1.54, 1.807) is 0 Å². The second-order valence-electron chi connectivity index (χ2n) is 42.9. The first-order valence-electron chi connectivity index (χ1n) is 37.7. The fourth-order valence-corrected chi connectivity index (χ4v) is 78.7. The van der Waals surface area contributed by atoms with Crippen molar-refractivity contribution in [3.05, 3.63) is 30.3 Å². The van der Waals surface area contributed by atoms with Gasteiger partial charge in [-0.1, -0.05) is 171 Å². The van der Waals surface area contributed by atoms with Gasteiger partial charge in [0.15, 0.2) is 58.2 Å². The predicted molar refractivity (Wildman–Crippen MR) is 487 cm³/mol. The van der Waals surface area contributed by atoms with Crippen LogP contribution in [0.2, 0.25) is 303 Å². The van der Waals surface area contributed by atoms with Gasteiger partial charge in [0.25, 0.3) is 0 Å². The summed E-state index contributed by atoms with van der Waals surface area (Å²) in [7, 11) is -27.4. The van der Waals surface area contributed by atoms with Gasteiger partial charge in [-0.2, -0.15) is 0 Å². The Kier molecular flexibility index (Phi) is 45.5. The van der Waals surface area contributed by atoms with Gasteiger partial charge in [0, 0.05) is 16.1 Å². The van der Waals surface area contributed by atoms with Crippen molar-refractivity contribution in [3.8, 4) is 0 Å². The Hall–Kier alpha value is 2.51. The molecule has 0 saturated heterocycles. The predicted octanol–water partition coefficient (Wildman–Crippen LogP) is 27.1. The van der Waals surface area contributed by atoms with Crippen molar-refractivity contribution in [2.24, 2.45) is 17.8 Å². The van der Waals surface area contributed by atoms with E-state index in [9.17, 15) is 0 Å². The van der Waals surface area contributed by atoms with E-state index in [2.05, 4.69) is 381 Å². The zero-order valence-corrected chi connectivity index (χ0v) is 92.8. The Morgan fingerprint density at radius 2 is 0.567 bits per heavy atom. The maximum absolute atomic E-state index is 6.39. The number of hydrogen-bond donors (Lipinski definition) is 0. The zero-order valence-electron chi connectivity index (χ0n) is 75.8. The van der Waals surface area contributed by atoms with Crippen LogP contribution in [0.4, 0.5) is 0 Å². The molecular formula is C70H178O10Si17. The Morgan fingerprint density at radius 3 is 0.742 bits per heavy atom. The van der Waals surface area contributed by atoms with Crippen molar-refractivity contribution in [2.75, 3.05) is 0 Å². The van der Waals surface area contributed by atoms with Crippen LogP contribution in [0.15, 0.2) is 30.3 Å². The molecule has 0 aliphatic heterocycles. The molecule has 1 aromatic rings. The topological polar surface area (TPSA) is 92.3 Å². The highest BCUT2D eigenvalue weighted by Gasteiger charge is 2.47. The summed E-state index contributed by atoms with van der Waals surface area (Å²) in [5, 5.41) is 2.43. The Balaban J connectivity index is -0.000000345. The molecule has 0 unspecified atom stereocenters. The third-order valence-corrected chi connectivity index (χ3v) is 75.3. The van der Waals surface area contributed by atoms with Crippen LogP contribution in [-0.2, 0) is 41.2 Å². The Morgan fingerprint density at radius 1 is 0.340 bits per heavy atom. The van der Waals surface area contributed by atoms with Gasteiger partial charge < -0.3 is 41.2 Å². The van der Waals surface area contributed by atoms with Gasteiger partial charge in [0.1, 0.15) is 0 Å². The standard InChI is InChI=1S/C13H28Si.C12H36O4Si5.C11H20OSi2.C10H30O3Si4.C10H24Si.C8H24O2Si3.C6H16Si/c1-10(2)12-8-7-11(3)9-13(12)14(4,5)6;1-17(2,3)13-19(7,8)15-21(11,12)16-20(9,10)14-18(4,5)6;1-13(2,3)12-14(4,5)11-9-7-6-8-10-11;1-14(2,3)11-16(7,8)13-17(9,10)12-15(4,5)6;1-9(2,3)11(7,8)10(4,5)6;1-11(2,3)9-13(7,8)10-12(4,5)6;1-5-7(3,4)6-2/h10-13H,7-9H2,1-6H3;1-12H3;6-10H,1-5H3;1-10H3;1-8H3;1-8H3;5-6H2,1-4H3/t11-,12+,13-;;;;;;/m1....../s1. The second kappa shape index (κ2) is 40.8. The largest absolute Gasteiger partial charge is 0.452 e. The summed E-state index contributed by atoms with van der Waals surface area (Å²) in [5.41, 5.74) is 1.08. The minimum atomic E-state index is -2.26. The molecule has 0 aromatic heterocycles. The molecule has 0 spiro atoms. The van der Waals surface area contributed by atoms with Crippen molar-refractivity contribution in [1.29, 1.82) is 0 Å². The molecule has 3 atom stereocenters. The highest BCUT2D eigenvalue weighted by molar-refractivity contribution is 6.93. The SMILES string of the molecule is CC(C)(C)[Si](C)(C)C(C)(C)C.CC(C)[C@@H]1CC[C@@H](C)C[C@H]1[Si](C)(C)C.CC[Si](C)(C)CC.C[Si](C)(C)O[Si](C)(C)O[Si](C)(C)C.C[Si](C)(C)O[Si](C)(C)O[Si](C)(C)O[Si](C)(C)C.C[Si](C)(C)O[Si](C)(C)O[Si](C)(C)O[Si](C)(C)O[Si](C)(C)C.C[Si](C)(C)O[Si](C)(C)c1ccccc1. The van der Waals surface area contributed by atoms with E-state index < -0.39 is 142 Å². The first-order chi connectivity index (χ1) is 41.6. The quantitative estimate of drug-likeness (QED) is 0.0882. The Bertz CT molecular complexity index is 2190. The van der Waals surface area contributed by atoms with Crippen LogP contribution in [0.3, 0.4) is 0 Å². The van der Waals surface area contributed by atoms with Crippen molar-refractivity contribution in [2.45, 2.75) is 398 Å². The number of benzene rings is 1. The molecule has 1 aromatic carbocycles. The maximum atomic E-state index is 6.39. The van der Waals surface area contributed by atoms with Crippen LogP contribution < -0.4 is 5.19 Å². The fraction of sp³-hybridized carbons (Fsp3) is 0.914. The van der Waals surface area contributed by atoms with Gasteiger partial charge in [-0.05, 0) is 281 Å². The third kappa shape index (κ3) is 60.1. The molecule has 586 valence electrons. The lowest BCUT2D eigenvalue weighted by Gasteiger charge is -2.47. The lowest BCUT2D eigenvalue weighted by Crippen LogP contribution is -2.58. The molecule has 27 heteroatoms. The molecule has 2 rings (SSSR count). The van der Waals surface area contributed by atoms with Crippen molar-refractivity contribution in [3.63, 3.8) is 0 Å². The molecule has 1 aliphatic rings. The van der Waals surface area contributed by atoms with Crippen molar-refractivity contribution < 1.29 is 41.2 Å². The van der Waals surface area contributed by atoms with Crippen LogP contribution in [0.5, 0.6) is 0 Å². The van der Waals surface area contributed by atoms with Crippen LogP contribution in [-0.4, -0.2) is 142 Å². The van der Waals surface area contributed by atoms with E-state index in [0.717, 1.165) is 23.3 Å². The van der Waals surface area contributed by atoms with Crippen LogP contribution in [0.1, 0.15) is 95.4 Å². The summed E-state index contributed by atoms with van der Waals surface area (Å²) < 4.78 is 62.5. The van der Waals surface area contributed by atoms with Crippen LogP contribution in [0.25, 0.3) is 0 Å². The fourth-order valence-electron chi connectivity index (χ4n) is 12.6. The van der Waals surface area contributed by atoms with Crippen molar-refractivity contribution >= 4 is 147 Å². The van der Waals surface area contributed by atoms with Gasteiger partial charge in [0.2, 0.25) is 8.32 Å². The molecule has 97 heavy (non-hydrogen) atoms. The summed E-state index contributed by atoms with van der Waals surface area (Å²) in [6.07, 6.45) is 4.48. The van der Waals surface area contributed by atoms with Crippen molar-refractivity contribution in [1.82, 2.24) is 0 Å². The molecule has 0 bridgehead atoms. The van der Waals surface area contributed by atoms with E-state index in [4.69, 9.17) is 41.2 Å². The molecule has 0 heterocycles. The average Bonchev–Trinajstić information content (AvgIpc) is 0.807. The summed E-state index contributed by atoms with van der Waals surface area (Å²) in [4.78, 5) is 0.